The van der Waals surface area contributed by atoms with Gasteiger partial charge in [0, 0.05) is 23.9 Å². The number of carbonyl (C=O) groups is 1. The quantitative estimate of drug-likeness (QED) is 0.412. The highest BCUT2D eigenvalue weighted by atomic mass is 32.2. The van der Waals surface area contributed by atoms with Crippen molar-refractivity contribution in [1.82, 2.24) is 20.1 Å². The number of amides is 1. The third-order valence-corrected chi connectivity index (χ3v) is 7.68. The minimum absolute atomic E-state index is 0.0345. The number of nitrogens with zero attached hydrogens (tertiary/aromatic N) is 3. The normalized spacial score (nSPS) is 14.2. The molecule has 1 N–H and O–H groups in total. The lowest BCUT2D eigenvalue weighted by Gasteiger charge is -2.25. The van der Waals surface area contributed by atoms with Crippen molar-refractivity contribution in [3.8, 4) is 11.5 Å². The maximum Gasteiger partial charge on any atom is 0.230 e. The van der Waals surface area contributed by atoms with Gasteiger partial charge in [0.1, 0.15) is 5.82 Å². The molecule has 1 saturated carbocycles. The van der Waals surface area contributed by atoms with Crippen LogP contribution in [-0.4, -0.2) is 40.6 Å². The summed E-state index contributed by atoms with van der Waals surface area (Å²) in [6.07, 6.45) is 6.84. The number of hydrogen-bond acceptors (Lipinski definition) is 7. The summed E-state index contributed by atoms with van der Waals surface area (Å²) in [5.74, 6) is 2.59. The van der Waals surface area contributed by atoms with Crippen LogP contribution in [0.3, 0.4) is 0 Å². The Morgan fingerprint density at radius 2 is 1.97 bits per heavy atom. The van der Waals surface area contributed by atoms with Crippen molar-refractivity contribution in [3.63, 3.8) is 0 Å². The number of methoxy groups -OCH3 is 2. The summed E-state index contributed by atoms with van der Waals surface area (Å²) < 4.78 is 12.9. The van der Waals surface area contributed by atoms with Gasteiger partial charge in [-0.1, -0.05) is 43.2 Å². The van der Waals surface area contributed by atoms with Crippen LogP contribution in [0, 0.1) is 0 Å². The largest absolute Gasteiger partial charge is 0.493 e. The molecule has 1 aromatic carbocycles. The Labute approximate surface area is 202 Å². The summed E-state index contributed by atoms with van der Waals surface area (Å²) >= 11 is 3.21. The Morgan fingerprint density at radius 3 is 2.70 bits per heavy atom. The Balaban J connectivity index is 1.39. The maximum absolute atomic E-state index is 12.6. The van der Waals surface area contributed by atoms with E-state index in [9.17, 15) is 4.79 Å². The van der Waals surface area contributed by atoms with Crippen LogP contribution < -0.4 is 14.8 Å². The average molecular weight is 487 g/mol. The smallest absolute Gasteiger partial charge is 0.230 e. The number of thiophene rings is 1. The zero-order chi connectivity index (χ0) is 23.0. The van der Waals surface area contributed by atoms with Gasteiger partial charge in [-0.05, 0) is 42.0 Å². The molecular formula is C24H30N4O3S2. The number of aromatic nitrogens is 3. The van der Waals surface area contributed by atoms with Crippen LogP contribution in [0.4, 0.5) is 0 Å². The predicted molar refractivity (Wildman–Crippen MR) is 131 cm³/mol. The predicted octanol–water partition coefficient (Wildman–Crippen LogP) is 4.86. The highest BCUT2D eigenvalue weighted by Gasteiger charge is 2.23. The monoisotopic (exact) mass is 486 g/mol. The van der Waals surface area contributed by atoms with Crippen molar-refractivity contribution in [2.45, 2.75) is 56.3 Å². The molecule has 0 aliphatic heterocycles. The number of carbonyl (C=O) groups excluding carboxylic acids is 1. The molecule has 2 heterocycles. The first-order chi connectivity index (χ1) is 16.2. The SMILES string of the molecule is COc1ccc(CNC(=O)CSc2nnc(Cc3cccs3)n2C2CCCCC2)cc1OC. The van der Waals surface area contributed by atoms with Crippen molar-refractivity contribution in [2.24, 2.45) is 0 Å². The van der Waals surface area contributed by atoms with Crippen LogP contribution in [-0.2, 0) is 17.8 Å². The van der Waals surface area contributed by atoms with Crippen molar-refractivity contribution >= 4 is 29.0 Å². The minimum Gasteiger partial charge on any atom is -0.493 e. The second-order valence-corrected chi connectivity index (χ2v) is 10.0. The Kier molecular flexibility index (Phi) is 8.28. The first-order valence-corrected chi connectivity index (χ1v) is 13.1. The molecule has 0 saturated heterocycles. The van der Waals surface area contributed by atoms with Gasteiger partial charge in [-0.2, -0.15) is 0 Å². The summed E-state index contributed by atoms with van der Waals surface area (Å²) in [6, 6.07) is 10.3. The van der Waals surface area contributed by atoms with E-state index in [1.165, 1.54) is 35.9 Å². The molecule has 0 radical (unpaired) electrons. The summed E-state index contributed by atoms with van der Waals surface area (Å²) in [6.45, 7) is 0.429. The van der Waals surface area contributed by atoms with Crippen molar-refractivity contribution in [1.29, 1.82) is 0 Å². The third kappa shape index (κ3) is 6.09. The fraction of sp³-hybridized carbons (Fsp3) is 0.458. The number of thioether (sulfide) groups is 1. The molecule has 0 bridgehead atoms. The first-order valence-electron chi connectivity index (χ1n) is 11.2. The number of benzene rings is 1. The molecular weight excluding hydrogens is 456 g/mol. The van der Waals surface area contributed by atoms with Crippen LogP contribution in [0.25, 0.3) is 0 Å². The van der Waals surface area contributed by atoms with E-state index in [0.717, 1.165) is 35.8 Å². The molecule has 1 fully saturated rings. The molecule has 9 heteroatoms. The van der Waals surface area contributed by atoms with Crippen molar-refractivity contribution < 1.29 is 14.3 Å². The van der Waals surface area contributed by atoms with Crippen molar-refractivity contribution in [3.05, 3.63) is 52.0 Å². The molecule has 4 rings (SSSR count). The molecule has 3 aromatic rings. The highest BCUT2D eigenvalue weighted by molar-refractivity contribution is 7.99. The van der Waals surface area contributed by atoms with Gasteiger partial charge in [0.05, 0.1) is 20.0 Å². The lowest BCUT2D eigenvalue weighted by atomic mass is 9.95. The fourth-order valence-corrected chi connectivity index (χ4v) is 5.73. The van der Waals surface area contributed by atoms with Crippen LogP contribution in [0.5, 0.6) is 11.5 Å². The number of nitrogens with one attached hydrogen (secondary N) is 1. The second-order valence-electron chi connectivity index (χ2n) is 8.07. The first kappa shape index (κ1) is 23.6. The molecule has 0 spiro atoms. The summed E-state index contributed by atoms with van der Waals surface area (Å²) in [5, 5.41) is 14.9. The maximum atomic E-state index is 12.6. The second kappa shape index (κ2) is 11.6. The van der Waals surface area contributed by atoms with Gasteiger partial charge in [-0.3, -0.25) is 4.79 Å². The molecule has 2 aromatic heterocycles. The van der Waals surface area contributed by atoms with E-state index in [0.29, 0.717) is 29.8 Å². The zero-order valence-electron chi connectivity index (χ0n) is 19.1. The molecule has 1 amide bonds. The van der Waals surface area contributed by atoms with Crippen LogP contribution in [0.1, 0.15) is 54.4 Å². The number of hydrogen-bond donors (Lipinski definition) is 1. The standard InChI is InChI=1S/C24H30N4O3S2/c1-30-20-11-10-17(13-21(20)31-2)15-25-23(29)16-33-24-27-26-22(14-19-9-6-12-32-19)28(24)18-7-4-3-5-8-18/h6,9-13,18H,3-5,7-8,14-16H2,1-2H3,(H,25,29). The van der Waals surface area contributed by atoms with Gasteiger partial charge in [-0.25, -0.2) is 0 Å². The van der Waals surface area contributed by atoms with Crippen LogP contribution in [0.15, 0.2) is 40.9 Å². The van der Waals surface area contributed by atoms with Gasteiger partial charge in [0.2, 0.25) is 5.91 Å². The van der Waals surface area contributed by atoms with Crippen LogP contribution in [0.2, 0.25) is 0 Å². The minimum atomic E-state index is -0.0345. The molecule has 176 valence electrons. The molecule has 1 aliphatic rings. The lowest BCUT2D eigenvalue weighted by Crippen LogP contribution is -2.25. The molecule has 1 aliphatic carbocycles. The van der Waals surface area contributed by atoms with Gasteiger partial charge in [0.15, 0.2) is 16.7 Å². The molecule has 7 nitrogen and oxygen atoms in total. The third-order valence-electron chi connectivity index (χ3n) is 5.86. The summed E-state index contributed by atoms with van der Waals surface area (Å²) in [4.78, 5) is 13.9. The van der Waals surface area contributed by atoms with Crippen molar-refractivity contribution in [2.75, 3.05) is 20.0 Å². The molecule has 0 unspecified atom stereocenters. The summed E-state index contributed by atoms with van der Waals surface area (Å²) in [7, 11) is 3.21. The van der Waals surface area contributed by atoms with Gasteiger partial charge < -0.3 is 19.4 Å². The Bertz CT molecular complexity index is 1050. The van der Waals surface area contributed by atoms with Gasteiger partial charge in [0.25, 0.3) is 0 Å². The summed E-state index contributed by atoms with van der Waals surface area (Å²) in [5.41, 5.74) is 0.953. The van der Waals surface area contributed by atoms with E-state index in [-0.39, 0.29) is 5.91 Å². The highest BCUT2D eigenvalue weighted by Crippen LogP contribution is 2.33. The molecule has 0 atom stereocenters. The molecule has 33 heavy (non-hydrogen) atoms. The topological polar surface area (TPSA) is 78.3 Å². The zero-order valence-corrected chi connectivity index (χ0v) is 20.7. The van der Waals surface area contributed by atoms with E-state index in [1.807, 2.05) is 18.2 Å². The van der Waals surface area contributed by atoms with Crippen LogP contribution >= 0.6 is 23.1 Å². The fourth-order valence-electron chi connectivity index (χ4n) is 4.17. The Hall–Kier alpha value is -2.52. The van der Waals surface area contributed by atoms with Gasteiger partial charge in [-0.15, -0.1) is 21.5 Å². The van der Waals surface area contributed by atoms with E-state index in [2.05, 4.69) is 37.6 Å². The van der Waals surface area contributed by atoms with E-state index in [1.54, 1.807) is 25.6 Å². The number of ether oxygens (including phenoxy) is 2. The van der Waals surface area contributed by atoms with E-state index >= 15 is 0 Å². The van der Waals surface area contributed by atoms with Gasteiger partial charge >= 0.3 is 0 Å². The Morgan fingerprint density at radius 1 is 1.15 bits per heavy atom. The van der Waals surface area contributed by atoms with E-state index in [4.69, 9.17) is 9.47 Å². The van der Waals surface area contributed by atoms with E-state index < -0.39 is 0 Å². The average Bonchev–Trinajstić information content (AvgIpc) is 3.52. The lowest BCUT2D eigenvalue weighted by molar-refractivity contribution is -0.118. The number of rotatable bonds is 10.